The monoisotopic (exact) mass is 505 g/mol. The van der Waals surface area contributed by atoms with Crippen LogP contribution in [0.4, 0.5) is 0 Å². The van der Waals surface area contributed by atoms with Gasteiger partial charge in [-0.15, -0.1) is 0 Å². The molecule has 0 aliphatic carbocycles. The van der Waals surface area contributed by atoms with Gasteiger partial charge in [0.05, 0.1) is 11.9 Å². The predicted octanol–water partition coefficient (Wildman–Crippen LogP) is 4.73. The Hall–Kier alpha value is -4.19. The Morgan fingerprint density at radius 2 is 0.914 bits per heavy atom. The molecule has 0 fully saturated rings. The zero-order valence-electron chi connectivity index (χ0n) is 18.7. The standard InChI is InChI=1S/2C11H8O2.C8H8.Co/c2*12-11(13)10-7-3-5-8-4-1-2-6-9(8)10;1-2-8-6-4-3-5-7-8;/h2*1-7H,(H,12,13);2-7H,1H2;/q;;;+2/p-2. The number of fused-ring (bicyclic) bond motifs is 2. The maximum Gasteiger partial charge on any atom is 2.00 e. The number of carbonyl (C=O) groups is 2. The van der Waals surface area contributed by atoms with E-state index in [2.05, 4.69) is 6.58 Å². The van der Waals surface area contributed by atoms with Gasteiger partial charge in [0.2, 0.25) is 0 Å². The van der Waals surface area contributed by atoms with Crippen molar-refractivity contribution < 1.29 is 36.6 Å². The average molecular weight is 505 g/mol. The molecular formula is C30H22CoO4. The van der Waals surface area contributed by atoms with Crippen LogP contribution in [0.5, 0.6) is 0 Å². The van der Waals surface area contributed by atoms with Gasteiger partial charge in [-0.2, -0.15) is 0 Å². The Labute approximate surface area is 214 Å². The number of carboxylic acid groups (broad SMARTS) is 2. The molecule has 5 aromatic carbocycles. The van der Waals surface area contributed by atoms with Crippen molar-refractivity contribution in [1.82, 2.24) is 0 Å². The Morgan fingerprint density at radius 1 is 0.543 bits per heavy atom. The fourth-order valence-electron chi connectivity index (χ4n) is 3.40. The fourth-order valence-corrected chi connectivity index (χ4v) is 3.40. The van der Waals surface area contributed by atoms with Crippen molar-refractivity contribution in [2.75, 3.05) is 0 Å². The molecule has 5 rings (SSSR count). The van der Waals surface area contributed by atoms with Gasteiger partial charge in [-0.25, -0.2) is 0 Å². The second-order valence-corrected chi connectivity index (χ2v) is 7.24. The molecule has 0 bridgehead atoms. The van der Waals surface area contributed by atoms with Crippen molar-refractivity contribution >= 4 is 39.6 Å². The summed E-state index contributed by atoms with van der Waals surface area (Å²) in [7, 11) is 0. The molecule has 0 aliphatic rings. The molecular weight excluding hydrogens is 483 g/mol. The number of carboxylic acids is 2. The van der Waals surface area contributed by atoms with E-state index in [1.54, 1.807) is 36.4 Å². The molecule has 0 heterocycles. The Kier molecular flexibility index (Phi) is 10.4. The second kappa shape index (κ2) is 13.5. The van der Waals surface area contributed by atoms with Crippen LogP contribution in [0, 0.1) is 0 Å². The minimum atomic E-state index is -1.13. The van der Waals surface area contributed by atoms with Gasteiger partial charge in [0.15, 0.2) is 0 Å². The number of hydrogen-bond acceptors (Lipinski definition) is 4. The summed E-state index contributed by atoms with van der Waals surface area (Å²) in [6, 6.07) is 35.0. The zero-order valence-corrected chi connectivity index (χ0v) is 19.8. The van der Waals surface area contributed by atoms with Crippen molar-refractivity contribution in [2.24, 2.45) is 0 Å². The van der Waals surface area contributed by atoms with Gasteiger partial charge in [0.25, 0.3) is 0 Å². The molecule has 0 aliphatic heterocycles. The van der Waals surface area contributed by atoms with Gasteiger partial charge in [0, 0.05) is 11.1 Å². The largest absolute Gasteiger partial charge is 2.00 e. The maximum atomic E-state index is 10.7. The van der Waals surface area contributed by atoms with E-state index in [0.29, 0.717) is 0 Å². The third-order valence-electron chi connectivity index (χ3n) is 5.05. The summed E-state index contributed by atoms with van der Waals surface area (Å²) in [6.45, 7) is 3.63. The number of rotatable bonds is 3. The first-order valence-corrected chi connectivity index (χ1v) is 10.6. The van der Waals surface area contributed by atoms with Gasteiger partial charge in [-0.05, 0) is 27.1 Å². The Morgan fingerprint density at radius 3 is 1.29 bits per heavy atom. The minimum Gasteiger partial charge on any atom is -0.545 e. The normalized spacial score (nSPS) is 9.49. The Bertz CT molecular complexity index is 1330. The van der Waals surface area contributed by atoms with Crippen LogP contribution in [0.1, 0.15) is 26.3 Å². The molecule has 0 aromatic heterocycles. The molecule has 0 N–H and O–H groups in total. The van der Waals surface area contributed by atoms with Crippen LogP contribution < -0.4 is 10.2 Å². The van der Waals surface area contributed by atoms with Crippen LogP contribution in [-0.4, -0.2) is 11.9 Å². The van der Waals surface area contributed by atoms with E-state index in [1.165, 1.54) is 5.56 Å². The third kappa shape index (κ3) is 7.40. The van der Waals surface area contributed by atoms with Crippen LogP contribution in [0.15, 0.2) is 122 Å². The van der Waals surface area contributed by atoms with Crippen LogP contribution in [0.2, 0.25) is 0 Å². The van der Waals surface area contributed by atoms with Gasteiger partial charge >= 0.3 is 16.8 Å². The SMILES string of the molecule is C=Cc1ccccc1.O=C([O-])c1cccc2ccccc12.O=C([O-])c1cccc2ccccc12.[Co+2]. The zero-order chi connectivity index (χ0) is 24.3. The molecule has 35 heavy (non-hydrogen) atoms. The van der Waals surface area contributed by atoms with E-state index in [9.17, 15) is 19.8 Å². The first-order valence-electron chi connectivity index (χ1n) is 10.6. The van der Waals surface area contributed by atoms with E-state index < -0.39 is 11.9 Å². The molecule has 4 nitrogen and oxygen atoms in total. The summed E-state index contributed by atoms with van der Waals surface area (Å²) in [6.07, 6.45) is 1.83. The summed E-state index contributed by atoms with van der Waals surface area (Å²) in [5.74, 6) is -2.26. The van der Waals surface area contributed by atoms with Crippen molar-refractivity contribution in [2.45, 2.75) is 0 Å². The number of carbonyl (C=O) groups excluding carboxylic acids is 2. The molecule has 175 valence electrons. The molecule has 0 amide bonds. The minimum absolute atomic E-state index is 0. The van der Waals surface area contributed by atoms with Gasteiger partial charge < -0.3 is 19.8 Å². The number of benzene rings is 5. The molecule has 0 saturated heterocycles. The quantitative estimate of drug-likeness (QED) is 0.355. The number of aromatic carboxylic acids is 2. The summed E-state index contributed by atoms with van der Waals surface area (Å²) in [5.41, 5.74) is 1.67. The number of hydrogen-bond donors (Lipinski definition) is 0. The molecule has 0 saturated carbocycles. The molecule has 0 unspecified atom stereocenters. The van der Waals surface area contributed by atoms with Crippen molar-refractivity contribution in [3.05, 3.63) is 139 Å². The van der Waals surface area contributed by atoms with Gasteiger partial charge in [0.1, 0.15) is 0 Å². The summed E-state index contributed by atoms with van der Waals surface area (Å²) < 4.78 is 0. The third-order valence-corrected chi connectivity index (χ3v) is 5.05. The van der Waals surface area contributed by atoms with E-state index in [0.717, 1.165) is 21.5 Å². The Balaban J connectivity index is 0.000000188. The van der Waals surface area contributed by atoms with Crippen molar-refractivity contribution in [1.29, 1.82) is 0 Å². The second-order valence-electron chi connectivity index (χ2n) is 7.24. The molecule has 5 aromatic rings. The molecule has 1 radical (unpaired) electrons. The van der Waals surface area contributed by atoms with Crippen LogP contribution in [-0.2, 0) is 16.8 Å². The van der Waals surface area contributed by atoms with Gasteiger partial charge in [-0.3, -0.25) is 0 Å². The topological polar surface area (TPSA) is 80.3 Å². The predicted molar refractivity (Wildman–Crippen MR) is 133 cm³/mol. The van der Waals surface area contributed by atoms with Gasteiger partial charge in [-0.1, -0.05) is 128 Å². The van der Waals surface area contributed by atoms with E-state index in [4.69, 9.17) is 0 Å². The smallest absolute Gasteiger partial charge is 0.545 e. The maximum absolute atomic E-state index is 10.7. The van der Waals surface area contributed by atoms with E-state index in [-0.39, 0.29) is 27.9 Å². The van der Waals surface area contributed by atoms with Crippen LogP contribution in [0.3, 0.4) is 0 Å². The summed E-state index contributed by atoms with van der Waals surface area (Å²) in [4.78, 5) is 21.4. The van der Waals surface area contributed by atoms with Crippen LogP contribution >= 0.6 is 0 Å². The summed E-state index contributed by atoms with van der Waals surface area (Å²) >= 11 is 0. The average Bonchev–Trinajstić information content (AvgIpc) is 2.89. The van der Waals surface area contributed by atoms with E-state index in [1.807, 2.05) is 84.9 Å². The fraction of sp³-hybridized carbons (Fsp3) is 0. The first kappa shape index (κ1) is 27.1. The summed E-state index contributed by atoms with van der Waals surface area (Å²) in [5, 5.41) is 24.7. The van der Waals surface area contributed by atoms with E-state index >= 15 is 0 Å². The van der Waals surface area contributed by atoms with Crippen molar-refractivity contribution in [3.8, 4) is 0 Å². The van der Waals surface area contributed by atoms with Crippen molar-refractivity contribution in [3.63, 3.8) is 0 Å². The van der Waals surface area contributed by atoms with Crippen LogP contribution in [0.25, 0.3) is 27.6 Å². The molecule has 0 atom stereocenters. The molecule has 5 heteroatoms. The first-order chi connectivity index (χ1) is 16.5. The molecule has 0 spiro atoms.